The van der Waals surface area contributed by atoms with Crippen LogP contribution < -0.4 is 18.9 Å². The van der Waals surface area contributed by atoms with E-state index in [1.165, 1.54) is 21.3 Å². The van der Waals surface area contributed by atoms with Crippen LogP contribution in [0.3, 0.4) is 0 Å². The van der Waals surface area contributed by atoms with E-state index in [1.807, 2.05) is 0 Å². The molecule has 8 nitrogen and oxygen atoms in total. The Balaban J connectivity index is 2.09. The number of aliphatic hydroxyl groups excluding tert-OH is 1. The van der Waals surface area contributed by atoms with Gasteiger partial charge in [-0.1, -0.05) is 11.8 Å². The third-order valence-corrected chi connectivity index (χ3v) is 5.71. The molecule has 0 spiro atoms. The molecule has 174 valence electrons. The lowest BCUT2D eigenvalue weighted by Crippen LogP contribution is -2.12. The zero-order valence-corrected chi connectivity index (χ0v) is 19.8. The zero-order valence-electron chi connectivity index (χ0n) is 19.0. The molecule has 0 aromatic heterocycles. The number of nitrogens with zero attached hydrogens (tertiary/aromatic N) is 1. The van der Waals surface area contributed by atoms with Gasteiger partial charge in [0.25, 0.3) is 0 Å². The molecule has 0 aliphatic carbocycles. The Bertz CT molecular complexity index is 1120. The molecule has 2 aromatic carbocycles. The Morgan fingerprint density at radius 3 is 2.24 bits per heavy atom. The summed E-state index contributed by atoms with van der Waals surface area (Å²) >= 11 is 1.15. The lowest BCUT2D eigenvalue weighted by molar-refractivity contribution is -0.138. The summed E-state index contributed by atoms with van der Waals surface area (Å²) in [7, 11) is 6.13. The summed E-state index contributed by atoms with van der Waals surface area (Å²) in [6.07, 6.45) is 1.69. The predicted octanol–water partition coefficient (Wildman–Crippen LogP) is 4.91. The molecule has 0 saturated carbocycles. The van der Waals surface area contributed by atoms with Gasteiger partial charge in [-0.3, -0.25) is 0 Å². The van der Waals surface area contributed by atoms with Crippen molar-refractivity contribution < 1.29 is 33.6 Å². The molecule has 1 aliphatic heterocycles. The van der Waals surface area contributed by atoms with Crippen LogP contribution in [0.4, 0.5) is 5.69 Å². The summed E-state index contributed by atoms with van der Waals surface area (Å²) < 4.78 is 26.6. The van der Waals surface area contributed by atoms with Gasteiger partial charge in [-0.2, -0.15) is 0 Å². The van der Waals surface area contributed by atoms with Crippen LogP contribution in [0.1, 0.15) is 12.5 Å². The number of methoxy groups -OCH3 is 4. The molecule has 1 aliphatic rings. The minimum atomic E-state index is -0.655. The standard InChI is InChI=1S/C24H25NO7S/c1-6-32-24(27)19-20(26)18(33-23(19)25-15-8-10-16(28-2)11-9-15)13-14-7-12-17(29-3)22(31-5)21(14)30-4/h7-13,26H,6H2,1-5H3/b18-13-,25-23?. The van der Waals surface area contributed by atoms with E-state index in [4.69, 9.17) is 23.7 Å². The zero-order chi connectivity index (χ0) is 24.0. The van der Waals surface area contributed by atoms with Gasteiger partial charge < -0.3 is 28.8 Å². The number of aliphatic imine (C=N–C) groups is 1. The van der Waals surface area contributed by atoms with Crippen molar-refractivity contribution >= 4 is 34.5 Å². The molecule has 1 heterocycles. The minimum Gasteiger partial charge on any atom is -0.506 e. The van der Waals surface area contributed by atoms with Crippen molar-refractivity contribution in [3.8, 4) is 23.0 Å². The largest absolute Gasteiger partial charge is 0.506 e. The third-order valence-electron chi connectivity index (χ3n) is 4.69. The van der Waals surface area contributed by atoms with E-state index in [0.717, 1.165) is 11.8 Å². The van der Waals surface area contributed by atoms with Crippen LogP contribution in [0.15, 0.2) is 57.6 Å². The Labute approximate surface area is 196 Å². The topological polar surface area (TPSA) is 95.8 Å². The van der Waals surface area contributed by atoms with E-state index in [9.17, 15) is 9.90 Å². The lowest BCUT2D eigenvalue weighted by Gasteiger charge is -2.14. The Morgan fingerprint density at radius 1 is 0.970 bits per heavy atom. The van der Waals surface area contributed by atoms with E-state index >= 15 is 0 Å². The molecule has 0 amide bonds. The summed E-state index contributed by atoms with van der Waals surface area (Å²) in [5.74, 6) is 1.15. The molecule has 0 saturated heterocycles. The Morgan fingerprint density at radius 2 is 1.67 bits per heavy atom. The van der Waals surface area contributed by atoms with Crippen molar-refractivity contribution in [3.63, 3.8) is 0 Å². The lowest BCUT2D eigenvalue weighted by atomic mass is 10.1. The molecule has 33 heavy (non-hydrogen) atoms. The molecule has 0 fully saturated rings. The van der Waals surface area contributed by atoms with Crippen molar-refractivity contribution in [2.24, 2.45) is 4.99 Å². The number of hydrogen-bond acceptors (Lipinski definition) is 9. The third kappa shape index (κ3) is 5.09. The number of thioether (sulfide) groups is 1. The van der Waals surface area contributed by atoms with Gasteiger partial charge in [0.2, 0.25) is 5.75 Å². The minimum absolute atomic E-state index is 0.00311. The van der Waals surface area contributed by atoms with E-state index in [-0.39, 0.29) is 17.9 Å². The average molecular weight is 472 g/mol. The summed E-state index contributed by atoms with van der Waals surface area (Å²) in [6, 6.07) is 10.5. The van der Waals surface area contributed by atoms with Crippen LogP contribution in [-0.4, -0.2) is 51.2 Å². The number of hydrogen-bond donors (Lipinski definition) is 1. The SMILES string of the molecule is CCOC(=O)C1=C(O)/C(=C/c2ccc(OC)c(OC)c2OC)SC1=Nc1ccc(OC)cc1. The molecule has 2 aromatic rings. The van der Waals surface area contributed by atoms with Crippen LogP contribution >= 0.6 is 11.8 Å². The molecule has 0 unspecified atom stereocenters. The fourth-order valence-corrected chi connectivity index (χ4v) is 4.17. The fraction of sp³-hybridized carbons (Fsp3) is 0.250. The van der Waals surface area contributed by atoms with E-state index in [2.05, 4.69) is 4.99 Å². The van der Waals surface area contributed by atoms with Crippen molar-refractivity contribution in [3.05, 3.63) is 58.2 Å². The fourth-order valence-electron chi connectivity index (χ4n) is 3.15. The van der Waals surface area contributed by atoms with E-state index < -0.39 is 5.97 Å². The highest BCUT2D eigenvalue weighted by atomic mass is 32.2. The highest BCUT2D eigenvalue weighted by Crippen LogP contribution is 2.44. The molecule has 0 bridgehead atoms. The maximum atomic E-state index is 12.6. The number of benzene rings is 2. The van der Waals surface area contributed by atoms with Gasteiger partial charge in [0.1, 0.15) is 22.1 Å². The summed E-state index contributed by atoms with van der Waals surface area (Å²) in [6.45, 7) is 1.86. The van der Waals surface area contributed by atoms with Crippen LogP contribution in [0.25, 0.3) is 6.08 Å². The number of carbonyl (C=O) groups excluding carboxylic acids is 1. The first-order valence-corrected chi connectivity index (χ1v) is 10.8. The first-order valence-electron chi connectivity index (χ1n) is 9.99. The summed E-state index contributed by atoms with van der Waals surface area (Å²) in [5.41, 5.74) is 1.22. The summed E-state index contributed by atoms with van der Waals surface area (Å²) in [5, 5.41) is 11.2. The number of rotatable bonds is 8. The van der Waals surface area contributed by atoms with Crippen LogP contribution in [0.5, 0.6) is 23.0 Å². The van der Waals surface area contributed by atoms with Gasteiger partial charge in [0.05, 0.1) is 45.6 Å². The molecular weight excluding hydrogens is 446 g/mol. The molecule has 0 atom stereocenters. The second kappa shape index (κ2) is 10.8. The van der Waals surface area contributed by atoms with Gasteiger partial charge in [0, 0.05) is 5.56 Å². The number of carbonyl (C=O) groups is 1. The molecule has 0 radical (unpaired) electrons. The molecule has 3 rings (SSSR count). The quantitative estimate of drug-likeness (QED) is 0.543. The predicted molar refractivity (Wildman–Crippen MR) is 128 cm³/mol. The highest BCUT2D eigenvalue weighted by molar-refractivity contribution is 8.18. The maximum Gasteiger partial charge on any atom is 0.344 e. The second-order valence-corrected chi connectivity index (χ2v) is 7.62. The number of ether oxygens (including phenoxy) is 5. The van der Waals surface area contributed by atoms with Crippen molar-refractivity contribution in [1.82, 2.24) is 0 Å². The second-order valence-electron chi connectivity index (χ2n) is 6.59. The van der Waals surface area contributed by atoms with Crippen LogP contribution in [0, 0.1) is 0 Å². The van der Waals surface area contributed by atoms with Crippen molar-refractivity contribution in [2.45, 2.75) is 6.92 Å². The highest BCUT2D eigenvalue weighted by Gasteiger charge is 2.33. The van der Waals surface area contributed by atoms with E-state index in [0.29, 0.717) is 44.2 Å². The maximum absolute atomic E-state index is 12.6. The van der Waals surface area contributed by atoms with Gasteiger partial charge in [-0.15, -0.1) is 0 Å². The van der Waals surface area contributed by atoms with Gasteiger partial charge in [-0.05, 0) is 49.4 Å². The molecular formula is C24H25NO7S. The first kappa shape index (κ1) is 24.1. The number of esters is 1. The van der Waals surface area contributed by atoms with Crippen LogP contribution in [0.2, 0.25) is 0 Å². The smallest absolute Gasteiger partial charge is 0.344 e. The van der Waals surface area contributed by atoms with Crippen molar-refractivity contribution in [2.75, 3.05) is 35.0 Å². The Hall–Kier alpha value is -3.59. The first-order chi connectivity index (χ1) is 16.0. The van der Waals surface area contributed by atoms with Crippen LogP contribution in [-0.2, 0) is 9.53 Å². The van der Waals surface area contributed by atoms with Gasteiger partial charge in [-0.25, -0.2) is 9.79 Å². The summed E-state index contributed by atoms with van der Waals surface area (Å²) in [4.78, 5) is 17.6. The molecule has 9 heteroatoms. The Kier molecular flexibility index (Phi) is 7.89. The number of aliphatic hydroxyl groups is 1. The van der Waals surface area contributed by atoms with Crippen molar-refractivity contribution in [1.29, 1.82) is 0 Å². The monoisotopic (exact) mass is 471 g/mol. The van der Waals surface area contributed by atoms with Gasteiger partial charge in [0.15, 0.2) is 11.5 Å². The average Bonchev–Trinajstić information content (AvgIpc) is 3.13. The molecule has 1 N–H and O–H groups in total. The van der Waals surface area contributed by atoms with E-state index in [1.54, 1.807) is 56.5 Å². The normalized spacial score (nSPS) is 15.7. The van der Waals surface area contributed by atoms with Gasteiger partial charge >= 0.3 is 5.97 Å².